The maximum Gasteiger partial charge on any atom is 0.242 e. The third-order valence-corrected chi connectivity index (χ3v) is 6.48. The molecule has 37 heavy (non-hydrogen) atoms. The maximum atomic E-state index is 13.3. The van der Waals surface area contributed by atoms with Crippen molar-refractivity contribution in [3.8, 4) is 5.75 Å². The van der Waals surface area contributed by atoms with Gasteiger partial charge in [0.25, 0.3) is 0 Å². The number of nitrogens with zero attached hydrogens (tertiary/aromatic N) is 1. The Balaban J connectivity index is 1.80. The first-order chi connectivity index (χ1) is 18.0. The van der Waals surface area contributed by atoms with Crippen LogP contribution in [0, 0.1) is 0 Å². The lowest BCUT2D eigenvalue weighted by molar-refractivity contribution is -0.138. The second-order valence-corrected chi connectivity index (χ2v) is 9.31. The van der Waals surface area contributed by atoms with Crippen LogP contribution in [0.1, 0.15) is 44.2 Å². The molecular formula is C29H40N4O4. The minimum atomic E-state index is -0.734. The highest BCUT2D eigenvalue weighted by atomic mass is 16.5. The van der Waals surface area contributed by atoms with Gasteiger partial charge in [-0.25, -0.2) is 0 Å². The second kappa shape index (κ2) is 15.0. The van der Waals surface area contributed by atoms with Gasteiger partial charge in [-0.05, 0) is 43.4 Å². The van der Waals surface area contributed by atoms with E-state index in [2.05, 4.69) is 16.0 Å². The molecule has 2 aromatic carbocycles. The lowest BCUT2D eigenvalue weighted by atomic mass is 10.0. The number of aryl methyl sites for hydroxylation is 1. The van der Waals surface area contributed by atoms with Crippen LogP contribution in [-0.4, -0.2) is 67.5 Å². The fourth-order valence-electron chi connectivity index (χ4n) is 4.50. The molecular weight excluding hydrogens is 468 g/mol. The largest absolute Gasteiger partial charge is 0.492 e. The Labute approximate surface area is 220 Å². The number of ether oxygens (including phenoxy) is 1. The van der Waals surface area contributed by atoms with Crippen molar-refractivity contribution in [3.63, 3.8) is 0 Å². The molecule has 1 aliphatic rings. The number of para-hydroxylation sites is 1. The number of benzene rings is 2. The van der Waals surface area contributed by atoms with Crippen LogP contribution in [0.5, 0.6) is 5.75 Å². The fraction of sp³-hybridized carbons (Fsp3) is 0.483. The molecule has 0 saturated carbocycles. The van der Waals surface area contributed by atoms with E-state index in [0.717, 1.165) is 36.1 Å². The van der Waals surface area contributed by atoms with E-state index in [9.17, 15) is 14.4 Å². The second-order valence-electron chi connectivity index (χ2n) is 9.31. The summed E-state index contributed by atoms with van der Waals surface area (Å²) in [6.07, 6.45) is 3.35. The summed E-state index contributed by atoms with van der Waals surface area (Å²) in [6, 6.07) is 16.4. The number of fused-ring (bicyclic) bond motifs is 1. The van der Waals surface area contributed by atoms with Crippen molar-refractivity contribution in [2.24, 2.45) is 0 Å². The molecule has 0 aromatic heterocycles. The molecule has 0 spiro atoms. The predicted octanol–water partition coefficient (Wildman–Crippen LogP) is 2.46. The Kier molecular flexibility index (Phi) is 11.4. The molecule has 3 N–H and O–H groups in total. The van der Waals surface area contributed by atoms with Crippen molar-refractivity contribution in [1.82, 2.24) is 20.9 Å². The van der Waals surface area contributed by atoms with Gasteiger partial charge in [-0.2, -0.15) is 0 Å². The van der Waals surface area contributed by atoms with Gasteiger partial charge in [0.15, 0.2) is 0 Å². The Morgan fingerprint density at radius 3 is 2.46 bits per heavy atom. The molecule has 0 fully saturated rings. The van der Waals surface area contributed by atoms with Gasteiger partial charge in [0.2, 0.25) is 17.7 Å². The van der Waals surface area contributed by atoms with Crippen LogP contribution in [0.2, 0.25) is 0 Å². The van der Waals surface area contributed by atoms with E-state index in [-0.39, 0.29) is 24.3 Å². The third kappa shape index (κ3) is 8.89. The Hall–Kier alpha value is -3.39. The molecule has 1 heterocycles. The third-order valence-electron chi connectivity index (χ3n) is 6.48. The Morgan fingerprint density at radius 2 is 1.70 bits per heavy atom. The molecule has 0 radical (unpaired) electrons. The van der Waals surface area contributed by atoms with Gasteiger partial charge in [0.1, 0.15) is 18.4 Å². The van der Waals surface area contributed by atoms with Gasteiger partial charge in [-0.3, -0.25) is 14.4 Å². The molecule has 0 bridgehead atoms. The number of rotatable bonds is 5. The van der Waals surface area contributed by atoms with E-state index < -0.39 is 12.1 Å². The van der Waals surface area contributed by atoms with Gasteiger partial charge >= 0.3 is 0 Å². The molecule has 0 aliphatic carbocycles. The highest BCUT2D eigenvalue weighted by molar-refractivity contribution is 5.91. The van der Waals surface area contributed by atoms with E-state index >= 15 is 0 Å². The van der Waals surface area contributed by atoms with Crippen LogP contribution in [0.4, 0.5) is 0 Å². The number of hydrogen-bond donors (Lipinski definition) is 3. The lowest BCUT2D eigenvalue weighted by Gasteiger charge is -2.27. The molecule has 0 saturated heterocycles. The summed E-state index contributed by atoms with van der Waals surface area (Å²) < 4.78 is 6.03. The van der Waals surface area contributed by atoms with Crippen molar-refractivity contribution < 1.29 is 19.1 Å². The summed E-state index contributed by atoms with van der Waals surface area (Å²) >= 11 is 0. The van der Waals surface area contributed by atoms with Crippen LogP contribution < -0.4 is 20.7 Å². The lowest BCUT2D eigenvalue weighted by Crippen LogP contribution is -2.53. The summed E-state index contributed by atoms with van der Waals surface area (Å²) in [5, 5.41) is 9.18. The first kappa shape index (κ1) is 28.2. The summed E-state index contributed by atoms with van der Waals surface area (Å²) in [5.41, 5.74) is 2.03. The number of carbonyl (C=O) groups is 3. The average molecular weight is 509 g/mol. The van der Waals surface area contributed by atoms with Crippen LogP contribution in [-0.2, 0) is 27.2 Å². The molecule has 2 atom stereocenters. The number of carbonyl (C=O) groups excluding carboxylic acids is 3. The van der Waals surface area contributed by atoms with Crippen molar-refractivity contribution in [2.45, 2.75) is 58.0 Å². The van der Waals surface area contributed by atoms with E-state index in [1.807, 2.05) is 68.4 Å². The van der Waals surface area contributed by atoms with E-state index in [0.29, 0.717) is 39.1 Å². The number of likely N-dealkylation sites (N-methyl/N-ethyl adjacent to an activating group) is 1. The van der Waals surface area contributed by atoms with Crippen molar-refractivity contribution in [1.29, 1.82) is 0 Å². The van der Waals surface area contributed by atoms with Crippen molar-refractivity contribution >= 4 is 17.7 Å². The first-order valence-electron chi connectivity index (χ1n) is 13.4. The van der Waals surface area contributed by atoms with Crippen molar-refractivity contribution in [3.05, 3.63) is 65.7 Å². The number of hydrogen-bond acceptors (Lipinski definition) is 5. The molecule has 3 rings (SSSR count). The van der Waals surface area contributed by atoms with Crippen LogP contribution in [0.3, 0.4) is 0 Å². The molecule has 8 heteroatoms. The van der Waals surface area contributed by atoms with E-state index in [4.69, 9.17) is 4.74 Å². The Morgan fingerprint density at radius 1 is 0.946 bits per heavy atom. The summed E-state index contributed by atoms with van der Waals surface area (Å²) in [4.78, 5) is 41.0. The first-order valence-corrected chi connectivity index (χ1v) is 13.4. The molecule has 0 unspecified atom stereocenters. The summed E-state index contributed by atoms with van der Waals surface area (Å²) in [7, 11) is 0. The summed E-state index contributed by atoms with van der Waals surface area (Å²) in [5.74, 6) is 0.118. The molecule has 2 aromatic rings. The minimum Gasteiger partial charge on any atom is -0.492 e. The van der Waals surface area contributed by atoms with Gasteiger partial charge in [0, 0.05) is 26.1 Å². The highest BCUT2D eigenvalue weighted by Crippen LogP contribution is 2.19. The standard InChI is InChI=1S/C29H40N4O4/c1-3-11-24-29(36)33(4-2)21-27(34)32-25(20-22-12-6-5-7-13-22)28(35)31-17-10-15-23-14-8-9-16-26(23)37-19-18-30-24/h5-9,12-14,16,24-25,30H,3-4,10-11,15,17-21H2,1-2H3,(H,31,35)(H,32,34)/t24-,25+/m0/s1. The molecule has 3 amide bonds. The van der Waals surface area contributed by atoms with Gasteiger partial charge < -0.3 is 25.6 Å². The molecule has 1 aliphatic heterocycles. The highest BCUT2D eigenvalue weighted by Gasteiger charge is 2.27. The van der Waals surface area contributed by atoms with Gasteiger partial charge in [0.05, 0.1) is 12.6 Å². The molecule has 8 nitrogen and oxygen atoms in total. The quantitative estimate of drug-likeness (QED) is 0.576. The fourth-order valence-corrected chi connectivity index (χ4v) is 4.50. The van der Waals surface area contributed by atoms with Gasteiger partial charge in [-0.15, -0.1) is 0 Å². The zero-order valence-corrected chi connectivity index (χ0v) is 22.0. The smallest absolute Gasteiger partial charge is 0.242 e. The molecule has 200 valence electrons. The number of nitrogens with one attached hydrogen (secondary N) is 3. The predicted molar refractivity (Wildman–Crippen MR) is 144 cm³/mol. The maximum absolute atomic E-state index is 13.3. The normalized spacial score (nSPS) is 20.6. The van der Waals surface area contributed by atoms with Crippen LogP contribution >= 0.6 is 0 Å². The van der Waals surface area contributed by atoms with Crippen molar-refractivity contribution in [2.75, 3.05) is 32.8 Å². The SMILES string of the molecule is CCC[C@@H]1NCCOc2ccccc2CCCNC(=O)[C@@H](Cc2ccccc2)NC(=O)CN(CC)C1=O. The van der Waals surface area contributed by atoms with E-state index in [1.54, 1.807) is 4.90 Å². The number of amides is 3. The monoisotopic (exact) mass is 508 g/mol. The topological polar surface area (TPSA) is 99.8 Å². The zero-order valence-electron chi connectivity index (χ0n) is 22.0. The van der Waals surface area contributed by atoms with Crippen LogP contribution in [0.25, 0.3) is 0 Å². The van der Waals surface area contributed by atoms with Crippen LogP contribution in [0.15, 0.2) is 54.6 Å². The minimum absolute atomic E-state index is 0.0975. The average Bonchev–Trinajstić information content (AvgIpc) is 2.91. The van der Waals surface area contributed by atoms with E-state index in [1.165, 1.54) is 0 Å². The Bertz CT molecular complexity index is 1010. The van der Waals surface area contributed by atoms with Gasteiger partial charge in [-0.1, -0.05) is 61.9 Å². The zero-order chi connectivity index (χ0) is 26.5. The summed E-state index contributed by atoms with van der Waals surface area (Å²) in [6.45, 7) is 5.61.